The predicted molar refractivity (Wildman–Crippen MR) is 65.6 cm³/mol. The second-order valence-corrected chi connectivity index (χ2v) is 4.04. The molecule has 2 aromatic rings. The van der Waals surface area contributed by atoms with Crippen molar-refractivity contribution in [3.8, 4) is 0 Å². The zero-order chi connectivity index (χ0) is 12.7. The first-order chi connectivity index (χ1) is 7.97. The monoisotopic (exact) mass is 237 g/mol. The Morgan fingerprint density at radius 3 is 2.53 bits per heavy atom. The summed E-state index contributed by atoms with van der Waals surface area (Å²) in [6, 6.07) is 0. The number of rotatable bonds is 2. The Labute approximate surface area is 97.3 Å². The molecule has 0 aliphatic heterocycles. The molecule has 7 nitrogen and oxygen atoms in total. The molecule has 0 aromatic carbocycles. The Morgan fingerprint density at radius 1 is 1.35 bits per heavy atom. The number of nitrogens with one attached hydrogen (secondary N) is 1. The maximum absolute atomic E-state index is 11.8. The van der Waals surface area contributed by atoms with Crippen LogP contribution in [0.25, 0.3) is 11.2 Å². The van der Waals surface area contributed by atoms with Gasteiger partial charge in [0.25, 0.3) is 5.56 Å². The molecule has 0 saturated carbocycles. The summed E-state index contributed by atoms with van der Waals surface area (Å²) in [5.74, 6) is 0.661. The SMILES string of the molecule is CCn1c(N(C)C)nc2c1c(=O)[nH]c(=O)n2C. The molecule has 2 heterocycles. The van der Waals surface area contributed by atoms with Crippen LogP contribution < -0.4 is 16.1 Å². The van der Waals surface area contributed by atoms with Gasteiger partial charge in [-0.3, -0.25) is 14.3 Å². The van der Waals surface area contributed by atoms with Gasteiger partial charge in [-0.05, 0) is 6.92 Å². The van der Waals surface area contributed by atoms with E-state index < -0.39 is 11.2 Å². The van der Waals surface area contributed by atoms with E-state index in [1.807, 2.05) is 25.9 Å². The summed E-state index contributed by atoms with van der Waals surface area (Å²) in [5, 5.41) is 0. The van der Waals surface area contributed by atoms with Crippen LogP contribution in [-0.4, -0.2) is 33.2 Å². The van der Waals surface area contributed by atoms with E-state index in [1.165, 1.54) is 4.57 Å². The van der Waals surface area contributed by atoms with Gasteiger partial charge in [0.05, 0.1) is 0 Å². The van der Waals surface area contributed by atoms with Crippen molar-refractivity contribution in [1.82, 2.24) is 19.1 Å². The summed E-state index contributed by atoms with van der Waals surface area (Å²) >= 11 is 0. The minimum Gasteiger partial charge on any atom is -0.348 e. The zero-order valence-electron chi connectivity index (χ0n) is 10.3. The number of nitrogens with zero attached hydrogens (tertiary/aromatic N) is 4. The fourth-order valence-corrected chi connectivity index (χ4v) is 1.86. The van der Waals surface area contributed by atoms with Gasteiger partial charge in [0, 0.05) is 27.7 Å². The van der Waals surface area contributed by atoms with E-state index in [2.05, 4.69) is 9.97 Å². The largest absolute Gasteiger partial charge is 0.348 e. The highest BCUT2D eigenvalue weighted by molar-refractivity contribution is 5.74. The fraction of sp³-hybridized carbons (Fsp3) is 0.500. The van der Waals surface area contributed by atoms with E-state index in [1.54, 1.807) is 11.6 Å². The van der Waals surface area contributed by atoms with Crippen molar-refractivity contribution in [2.75, 3.05) is 19.0 Å². The van der Waals surface area contributed by atoms with Gasteiger partial charge in [0.2, 0.25) is 5.95 Å². The molecule has 7 heteroatoms. The first kappa shape index (κ1) is 11.4. The van der Waals surface area contributed by atoms with Gasteiger partial charge in [-0.2, -0.15) is 4.98 Å². The topological polar surface area (TPSA) is 75.9 Å². The molecule has 0 radical (unpaired) electrons. The lowest BCUT2D eigenvalue weighted by Crippen LogP contribution is -2.29. The van der Waals surface area contributed by atoms with Crippen LogP contribution in [0.1, 0.15) is 6.92 Å². The molecule has 0 unspecified atom stereocenters. The minimum absolute atomic E-state index is 0.398. The van der Waals surface area contributed by atoms with Crippen LogP contribution in [0.5, 0.6) is 0 Å². The van der Waals surface area contributed by atoms with Gasteiger partial charge in [-0.1, -0.05) is 0 Å². The van der Waals surface area contributed by atoms with Crippen molar-refractivity contribution in [2.24, 2.45) is 7.05 Å². The van der Waals surface area contributed by atoms with Crippen LogP contribution in [0.4, 0.5) is 5.95 Å². The van der Waals surface area contributed by atoms with Gasteiger partial charge in [0.1, 0.15) is 0 Å². The third-order valence-corrected chi connectivity index (χ3v) is 2.70. The Bertz CT molecular complexity index is 676. The third kappa shape index (κ3) is 1.54. The highest BCUT2D eigenvalue weighted by Crippen LogP contribution is 2.16. The molecule has 0 amide bonds. The number of aromatic amines is 1. The molecule has 2 rings (SSSR count). The maximum Gasteiger partial charge on any atom is 0.329 e. The molecule has 0 saturated heterocycles. The van der Waals surface area contributed by atoms with Gasteiger partial charge < -0.3 is 9.47 Å². The lowest BCUT2D eigenvalue weighted by Gasteiger charge is -2.12. The first-order valence-electron chi connectivity index (χ1n) is 5.34. The van der Waals surface area contributed by atoms with Crippen LogP contribution in [-0.2, 0) is 13.6 Å². The Hall–Kier alpha value is -2.05. The van der Waals surface area contributed by atoms with Crippen LogP contribution in [0.3, 0.4) is 0 Å². The highest BCUT2D eigenvalue weighted by Gasteiger charge is 2.16. The van der Waals surface area contributed by atoms with Gasteiger partial charge >= 0.3 is 5.69 Å². The normalized spacial score (nSPS) is 11.1. The van der Waals surface area contributed by atoms with Crippen LogP contribution in [0.2, 0.25) is 0 Å². The maximum atomic E-state index is 11.8. The number of imidazole rings is 1. The fourth-order valence-electron chi connectivity index (χ4n) is 1.86. The summed E-state index contributed by atoms with van der Waals surface area (Å²) in [6.45, 7) is 2.55. The number of hydrogen-bond acceptors (Lipinski definition) is 4. The molecule has 0 atom stereocenters. The second kappa shape index (κ2) is 3.76. The summed E-state index contributed by atoms with van der Waals surface area (Å²) in [6.07, 6.45) is 0. The summed E-state index contributed by atoms with van der Waals surface area (Å²) in [7, 11) is 5.28. The van der Waals surface area contributed by atoms with Gasteiger partial charge in [-0.25, -0.2) is 4.79 Å². The first-order valence-corrected chi connectivity index (χ1v) is 5.34. The zero-order valence-corrected chi connectivity index (χ0v) is 10.3. The summed E-state index contributed by atoms with van der Waals surface area (Å²) in [4.78, 5) is 31.7. The van der Waals surface area contributed by atoms with Crippen LogP contribution in [0, 0.1) is 0 Å². The minimum atomic E-state index is -0.450. The van der Waals surface area contributed by atoms with Crippen molar-refractivity contribution >= 4 is 17.1 Å². The number of anilines is 1. The lowest BCUT2D eigenvalue weighted by molar-refractivity contribution is 0.763. The van der Waals surface area contributed by atoms with Crippen molar-refractivity contribution in [1.29, 1.82) is 0 Å². The number of hydrogen-bond donors (Lipinski definition) is 1. The average molecular weight is 237 g/mol. The van der Waals surface area contributed by atoms with E-state index in [4.69, 9.17) is 0 Å². The van der Waals surface area contributed by atoms with Crippen molar-refractivity contribution in [2.45, 2.75) is 13.5 Å². The molecule has 2 aromatic heterocycles. The summed E-state index contributed by atoms with van der Waals surface area (Å²) < 4.78 is 3.13. The van der Waals surface area contributed by atoms with Crippen molar-refractivity contribution in [3.05, 3.63) is 20.8 Å². The second-order valence-electron chi connectivity index (χ2n) is 4.04. The molecule has 0 fully saturated rings. The van der Waals surface area contributed by atoms with E-state index in [-0.39, 0.29) is 0 Å². The predicted octanol–water partition coefficient (Wildman–Crippen LogP) is -0.491. The van der Waals surface area contributed by atoms with Crippen molar-refractivity contribution < 1.29 is 0 Å². The standard InChI is InChI=1S/C10H15N5O2/c1-5-15-6-7(11-9(15)13(2)3)14(4)10(17)12-8(6)16/h5H2,1-4H3,(H,12,16,17). The molecular formula is C10H15N5O2. The van der Waals surface area contributed by atoms with E-state index in [9.17, 15) is 9.59 Å². The Morgan fingerprint density at radius 2 is 2.00 bits per heavy atom. The molecule has 0 bridgehead atoms. The highest BCUT2D eigenvalue weighted by atomic mass is 16.2. The van der Waals surface area contributed by atoms with E-state index in [0.29, 0.717) is 23.7 Å². The lowest BCUT2D eigenvalue weighted by atomic mass is 10.5. The molecule has 0 aliphatic rings. The van der Waals surface area contributed by atoms with Crippen LogP contribution >= 0.6 is 0 Å². The molecule has 17 heavy (non-hydrogen) atoms. The van der Waals surface area contributed by atoms with Gasteiger partial charge in [-0.15, -0.1) is 0 Å². The molecular weight excluding hydrogens is 222 g/mol. The van der Waals surface area contributed by atoms with Crippen molar-refractivity contribution in [3.63, 3.8) is 0 Å². The quantitative estimate of drug-likeness (QED) is 0.764. The number of aryl methyl sites for hydroxylation is 2. The smallest absolute Gasteiger partial charge is 0.329 e. The number of fused-ring (bicyclic) bond motifs is 1. The molecule has 1 N–H and O–H groups in total. The molecule has 0 aliphatic carbocycles. The third-order valence-electron chi connectivity index (χ3n) is 2.70. The van der Waals surface area contributed by atoms with E-state index in [0.717, 1.165) is 0 Å². The van der Waals surface area contributed by atoms with Crippen LogP contribution in [0.15, 0.2) is 9.59 Å². The van der Waals surface area contributed by atoms with E-state index >= 15 is 0 Å². The van der Waals surface area contributed by atoms with Gasteiger partial charge in [0.15, 0.2) is 11.2 Å². The molecule has 92 valence electrons. The molecule has 0 spiro atoms. The number of H-pyrrole nitrogens is 1. The average Bonchev–Trinajstić information content (AvgIpc) is 2.65. The number of aromatic nitrogens is 4. The Balaban J connectivity index is 3.01. The Kier molecular flexibility index (Phi) is 2.53. The summed E-state index contributed by atoms with van der Waals surface area (Å²) in [5.41, 5.74) is -0.0123.